The van der Waals surface area contributed by atoms with Crippen molar-refractivity contribution in [3.8, 4) is 0 Å². The van der Waals surface area contributed by atoms with Crippen LogP contribution in [-0.4, -0.2) is 19.5 Å². The van der Waals surface area contributed by atoms with Gasteiger partial charge in [0.15, 0.2) is 0 Å². The third-order valence-corrected chi connectivity index (χ3v) is 4.03. The van der Waals surface area contributed by atoms with Gasteiger partial charge in [-0.1, -0.05) is 27.7 Å². The maximum Gasteiger partial charge on any atom is 0.251 e. The molecular formula is C16H26N2O. The molecule has 19 heavy (non-hydrogen) atoms. The van der Waals surface area contributed by atoms with Crippen LogP contribution in [0, 0.1) is 18.3 Å². The summed E-state index contributed by atoms with van der Waals surface area (Å²) in [7, 11) is 1.88. The van der Waals surface area contributed by atoms with Crippen LogP contribution in [0.15, 0.2) is 18.2 Å². The Morgan fingerprint density at radius 1 is 1.32 bits per heavy atom. The molecular weight excluding hydrogens is 236 g/mol. The molecule has 0 aliphatic heterocycles. The molecule has 1 aromatic rings. The van der Waals surface area contributed by atoms with Crippen LogP contribution in [0.5, 0.6) is 0 Å². The van der Waals surface area contributed by atoms with E-state index >= 15 is 0 Å². The number of benzene rings is 1. The summed E-state index contributed by atoms with van der Waals surface area (Å²) in [5, 5.41) is 6.13. The molecule has 0 spiro atoms. The highest BCUT2D eigenvalue weighted by Crippen LogP contribution is 2.25. The number of carbonyl (C=O) groups is 1. The van der Waals surface area contributed by atoms with Crippen molar-refractivity contribution in [1.29, 1.82) is 0 Å². The second-order valence-corrected chi connectivity index (χ2v) is 6.11. The molecule has 0 saturated carbocycles. The zero-order chi connectivity index (χ0) is 14.6. The fraction of sp³-hybridized carbons (Fsp3) is 0.562. The van der Waals surface area contributed by atoms with Gasteiger partial charge in [0.05, 0.1) is 0 Å². The quantitative estimate of drug-likeness (QED) is 0.853. The summed E-state index contributed by atoms with van der Waals surface area (Å²) in [6, 6.07) is 5.72. The summed E-state index contributed by atoms with van der Waals surface area (Å²) < 4.78 is 0. The molecule has 0 atom stereocenters. The van der Waals surface area contributed by atoms with Gasteiger partial charge in [0.1, 0.15) is 0 Å². The topological polar surface area (TPSA) is 41.1 Å². The Morgan fingerprint density at radius 3 is 2.42 bits per heavy atom. The van der Waals surface area contributed by atoms with E-state index in [0.717, 1.165) is 16.8 Å². The minimum atomic E-state index is -0.000483. The van der Waals surface area contributed by atoms with Gasteiger partial charge in [-0.3, -0.25) is 4.79 Å². The first-order chi connectivity index (χ1) is 8.77. The predicted molar refractivity (Wildman–Crippen MR) is 81.7 cm³/mol. The molecule has 0 saturated heterocycles. The fourth-order valence-electron chi connectivity index (χ4n) is 1.70. The molecule has 0 radical (unpaired) electrons. The Bertz CT molecular complexity index is 450. The highest BCUT2D eigenvalue weighted by molar-refractivity contribution is 5.94. The van der Waals surface area contributed by atoms with E-state index in [1.165, 1.54) is 0 Å². The molecule has 1 amide bonds. The van der Waals surface area contributed by atoms with Crippen LogP contribution in [0.1, 0.15) is 43.6 Å². The maximum absolute atomic E-state index is 12.1. The van der Waals surface area contributed by atoms with Crippen LogP contribution in [0.2, 0.25) is 0 Å². The largest absolute Gasteiger partial charge is 0.388 e. The number of hydrogen-bond acceptors (Lipinski definition) is 2. The van der Waals surface area contributed by atoms with Crippen molar-refractivity contribution in [3.05, 3.63) is 29.3 Å². The minimum absolute atomic E-state index is 0.000483. The molecule has 0 heterocycles. The molecule has 3 nitrogen and oxygen atoms in total. The molecule has 0 aliphatic carbocycles. The number of aryl methyl sites for hydroxylation is 1. The first kappa shape index (κ1) is 15.5. The first-order valence-electron chi connectivity index (χ1n) is 6.84. The normalized spacial score (nSPS) is 11.5. The van der Waals surface area contributed by atoms with E-state index in [2.05, 4.69) is 38.3 Å². The van der Waals surface area contributed by atoms with Gasteiger partial charge < -0.3 is 10.6 Å². The van der Waals surface area contributed by atoms with Crippen LogP contribution in [-0.2, 0) is 0 Å². The number of hydrogen-bond donors (Lipinski definition) is 2. The smallest absolute Gasteiger partial charge is 0.251 e. The van der Waals surface area contributed by atoms with Crippen LogP contribution < -0.4 is 10.6 Å². The molecule has 0 aromatic heterocycles. The lowest BCUT2D eigenvalue weighted by atomic mass is 9.81. The van der Waals surface area contributed by atoms with Gasteiger partial charge in [-0.15, -0.1) is 0 Å². The molecule has 0 unspecified atom stereocenters. The molecule has 1 rings (SSSR count). The standard InChI is InChI=1S/C16H26N2O/c1-11(2)16(4,5)10-18-15(19)13-7-8-14(17-6)12(3)9-13/h7-9,11,17H,10H2,1-6H3,(H,18,19). The second kappa shape index (κ2) is 6.09. The lowest BCUT2D eigenvalue weighted by molar-refractivity contribution is 0.0924. The van der Waals surface area contributed by atoms with Crippen LogP contribution in [0.25, 0.3) is 0 Å². The van der Waals surface area contributed by atoms with Gasteiger partial charge in [0.2, 0.25) is 0 Å². The van der Waals surface area contributed by atoms with Crippen molar-refractivity contribution in [2.24, 2.45) is 11.3 Å². The Kier molecular flexibility index (Phi) is 4.98. The van der Waals surface area contributed by atoms with E-state index in [9.17, 15) is 4.79 Å². The molecule has 1 aromatic carbocycles. The number of carbonyl (C=O) groups excluding carboxylic acids is 1. The number of nitrogens with one attached hydrogen (secondary N) is 2. The van der Waals surface area contributed by atoms with E-state index in [0.29, 0.717) is 12.5 Å². The number of rotatable bonds is 5. The van der Waals surface area contributed by atoms with Crippen LogP contribution in [0.4, 0.5) is 5.69 Å². The van der Waals surface area contributed by atoms with E-state index in [1.807, 2.05) is 32.2 Å². The first-order valence-corrected chi connectivity index (χ1v) is 6.84. The minimum Gasteiger partial charge on any atom is -0.388 e. The van der Waals surface area contributed by atoms with E-state index in [1.54, 1.807) is 0 Å². The van der Waals surface area contributed by atoms with Gasteiger partial charge in [0.25, 0.3) is 5.91 Å². The van der Waals surface area contributed by atoms with E-state index < -0.39 is 0 Å². The molecule has 0 fully saturated rings. The summed E-state index contributed by atoms with van der Waals surface area (Å²) >= 11 is 0. The average molecular weight is 262 g/mol. The van der Waals surface area contributed by atoms with Crippen molar-refractivity contribution in [2.75, 3.05) is 18.9 Å². The van der Waals surface area contributed by atoms with E-state index in [4.69, 9.17) is 0 Å². The Hall–Kier alpha value is -1.51. The van der Waals surface area contributed by atoms with Crippen LogP contribution >= 0.6 is 0 Å². The number of amides is 1. The van der Waals surface area contributed by atoms with Crippen molar-refractivity contribution in [3.63, 3.8) is 0 Å². The molecule has 106 valence electrons. The Balaban J connectivity index is 2.72. The van der Waals surface area contributed by atoms with Crippen molar-refractivity contribution in [2.45, 2.75) is 34.6 Å². The SMILES string of the molecule is CNc1ccc(C(=O)NCC(C)(C)C(C)C)cc1C. The highest BCUT2D eigenvalue weighted by Gasteiger charge is 2.23. The second-order valence-electron chi connectivity index (χ2n) is 6.11. The summed E-state index contributed by atoms with van der Waals surface area (Å²) in [5.41, 5.74) is 2.96. The highest BCUT2D eigenvalue weighted by atomic mass is 16.1. The van der Waals surface area contributed by atoms with Crippen molar-refractivity contribution in [1.82, 2.24) is 5.32 Å². The Morgan fingerprint density at radius 2 is 1.95 bits per heavy atom. The average Bonchev–Trinajstić information content (AvgIpc) is 2.35. The lowest BCUT2D eigenvalue weighted by Gasteiger charge is -2.29. The number of anilines is 1. The van der Waals surface area contributed by atoms with Gasteiger partial charge in [0, 0.05) is 24.8 Å². The molecule has 0 bridgehead atoms. The Labute approximate surface area is 116 Å². The zero-order valence-corrected chi connectivity index (χ0v) is 12.9. The summed E-state index contributed by atoms with van der Waals surface area (Å²) in [5.74, 6) is 0.528. The van der Waals surface area contributed by atoms with Gasteiger partial charge in [-0.2, -0.15) is 0 Å². The lowest BCUT2D eigenvalue weighted by Crippen LogP contribution is -2.37. The van der Waals surface area contributed by atoms with Crippen LogP contribution in [0.3, 0.4) is 0 Å². The molecule has 2 N–H and O–H groups in total. The van der Waals surface area contributed by atoms with Crippen molar-refractivity contribution >= 4 is 11.6 Å². The van der Waals surface area contributed by atoms with Gasteiger partial charge in [-0.05, 0) is 42.0 Å². The molecule has 3 heteroatoms. The fourth-order valence-corrected chi connectivity index (χ4v) is 1.70. The predicted octanol–water partition coefficient (Wildman–Crippen LogP) is 3.45. The van der Waals surface area contributed by atoms with E-state index in [-0.39, 0.29) is 11.3 Å². The van der Waals surface area contributed by atoms with Gasteiger partial charge >= 0.3 is 0 Å². The van der Waals surface area contributed by atoms with Crippen molar-refractivity contribution < 1.29 is 4.79 Å². The third-order valence-electron chi connectivity index (χ3n) is 4.03. The zero-order valence-electron chi connectivity index (χ0n) is 12.9. The molecule has 0 aliphatic rings. The summed E-state index contributed by atoms with van der Waals surface area (Å²) in [6.45, 7) is 11.4. The monoisotopic (exact) mass is 262 g/mol. The maximum atomic E-state index is 12.1. The summed E-state index contributed by atoms with van der Waals surface area (Å²) in [6.07, 6.45) is 0. The van der Waals surface area contributed by atoms with Gasteiger partial charge in [-0.25, -0.2) is 0 Å². The summed E-state index contributed by atoms with van der Waals surface area (Å²) in [4.78, 5) is 12.1. The third kappa shape index (κ3) is 3.98.